The number of benzene rings is 1. The zero-order valence-corrected chi connectivity index (χ0v) is 11.5. The van der Waals surface area contributed by atoms with Gasteiger partial charge in [0.2, 0.25) is 5.91 Å². The smallest absolute Gasteiger partial charge is 0.241 e. The van der Waals surface area contributed by atoms with Crippen molar-refractivity contribution in [3.63, 3.8) is 0 Å². The van der Waals surface area contributed by atoms with Crippen LogP contribution in [0.4, 0.5) is 0 Å². The average molecular weight is 261 g/mol. The summed E-state index contributed by atoms with van der Waals surface area (Å²) in [5, 5.41) is 2.98. The Morgan fingerprint density at radius 1 is 1.47 bits per heavy atom. The fraction of sp³-hybridized carbons (Fsp3) is 0.533. The maximum atomic E-state index is 12.0. The van der Waals surface area contributed by atoms with Crippen molar-refractivity contribution in [2.24, 2.45) is 11.7 Å². The van der Waals surface area contributed by atoms with Gasteiger partial charge in [0.1, 0.15) is 6.04 Å². The summed E-state index contributed by atoms with van der Waals surface area (Å²) in [5.41, 5.74) is 6.82. The van der Waals surface area contributed by atoms with Crippen LogP contribution in [-0.2, 0) is 4.79 Å². The van der Waals surface area contributed by atoms with Crippen molar-refractivity contribution in [1.82, 2.24) is 10.2 Å². The minimum absolute atomic E-state index is 0.0823. The van der Waals surface area contributed by atoms with Gasteiger partial charge in [-0.2, -0.15) is 0 Å². The van der Waals surface area contributed by atoms with Crippen LogP contribution in [0.2, 0.25) is 0 Å². The van der Waals surface area contributed by atoms with Gasteiger partial charge in [0, 0.05) is 13.1 Å². The Morgan fingerprint density at radius 2 is 2.21 bits per heavy atom. The first-order chi connectivity index (χ1) is 9.20. The number of likely N-dealkylation sites (tertiary alicyclic amines) is 1. The fourth-order valence-electron chi connectivity index (χ4n) is 2.53. The molecular formula is C15H23N3O. The molecule has 1 amide bonds. The van der Waals surface area contributed by atoms with Gasteiger partial charge in [-0.15, -0.1) is 0 Å². The molecule has 1 unspecified atom stereocenters. The quantitative estimate of drug-likeness (QED) is 0.836. The third-order valence-corrected chi connectivity index (χ3v) is 3.82. The molecule has 4 nitrogen and oxygen atoms in total. The second kappa shape index (κ2) is 6.68. The monoisotopic (exact) mass is 261 g/mol. The number of rotatable bonds is 5. The third-order valence-electron chi connectivity index (χ3n) is 3.82. The van der Waals surface area contributed by atoms with E-state index in [0.717, 1.165) is 38.2 Å². The molecule has 1 saturated heterocycles. The van der Waals surface area contributed by atoms with Crippen LogP contribution < -0.4 is 11.1 Å². The Labute approximate surface area is 115 Å². The molecule has 3 N–H and O–H groups in total. The van der Waals surface area contributed by atoms with Crippen LogP contribution in [0.25, 0.3) is 0 Å². The summed E-state index contributed by atoms with van der Waals surface area (Å²) in [4.78, 5) is 14.4. The Bertz CT molecular complexity index is 407. The number of hydrogen-bond acceptors (Lipinski definition) is 3. The molecule has 2 rings (SSSR count). The highest BCUT2D eigenvalue weighted by atomic mass is 16.2. The van der Waals surface area contributed by atoms with Crippen LogP contribution in [0, 0.1) is 5.92 Å². The summed E-state index contributed by atoms with van der Waals surface area (Å²) in [6, 6.07) is 8.94. The van der Waals surface area contributed by atoms with Crippen molar-refractivity contribution in [2.75, 3.05) is 26.2 Å². The molecule has 0 saturated carbocycles. The molecular weight excluding hydrogens is 238 g/mol. The molecule has 4 heteroatoms. The number of hydrogen-bond donors (Lipinski definition) is 2. The van der Waals surface area contributed by atoms with E-state index >= 15 is 0 Å². The first kappa shape index (κ1) is 14.0. The molecule has 104 valence electrons. The van der Waals surface area contributed by atoms with Gasteiger partial charge in [-0.3, -0.25) is 4.79 Å². The lowest BCUT2D eigenvalue weighted by molar-refractivity contribution is -0.122. The number of amides is 1. The minimum atomic E-state index is -0.565. The fourth-order valence-corrected chi connectivity index (χ4v) is 2.53. The molecule has 0 radical (unpaired) electrons. The van der Waals surface area contributed by atoms with Crippen molar-refractivity contribution >= 4 is 5.91 Å². The van der Waals surface area contributed by atoms with Crippen LogP contribution in [-0.4, -0.2) is 37.0 Å². The summed E-state index contributed by atoms with van der Waals surface area (Å²) in [5.74, 6) is 0.480. The van der Waals surface area contributed by atoms with Gasteiger partial charge < -0.3 is 16.0 Å². The lowest BCUT2D eigenvalue weighted by Crippen LogP contribution is -2.37. The molecule has 1 aliphatic heterocycles. The normalized spacial score (nSPS) is 21.3. The van der Waals surface area contributed by atoms with Gasteiger partial charge in [-0.1, -0.05) is 37.3 Å². The SMILES string of the molecule is CCN1CCC(CNC(=O)[C@@H](N)c2ccccc2)C1. The minimum Gasteiger partial charge on any atom is -0.354 e. The molecule has 1 fully saturated rings. The zero-order valence-electron chi connectivity index (χ0n) is 11.5. The summed E-state index contributed by atoms with van der Waals surface area (Å²) in [6.07, 6.45) is 1.16. The molecule has 1 aliphatic rings. The molecule has 0 aromatic heterocycles. The summed E-state index contributed by atoms with van der Waals surface area (Å²) in [7, 11) is 0. The van der Waals surface area contributed by atoms with E-state index in [4.69, 9.17) is 5.73 Å². The van der Waals surface area contributed by atoms with Gasteiger partial charge in [-0.05, 0) is 31.0 Å². The van der Waals surface area contributed by atoms with E-state index in [-0.39, 0.29) is 5.91 Å². The predicted molar refractivity (Wildman–Crippen MR) is 76.6 cm³/mol. The van der Waals surface area contributed by atoms with Crippen LogP contribution in [0.3, 0.4) is 0 Å². The highest BCUT2D eigenvalue weighted by molar-refractivity contribution is 5.82. The molecule has 1 aromatic rings. The standard InChI is InChI=1S/C15H23N3O/c1-2-18-9-8-12(11-18)10-17-15(19)14(16)13-6-4-3-5-7-13/h3-7,12,14H,2,8-11,16H2,1H3,(H,17,19)/t12?,14-/m0/s1. The molecule has 1 heterocycles. The van der Waals surface area contributed by atoms with Gasteiger partial charge in [0.25, 0.3) is 0 Å². The number of carbonyl (C=O) groups is 1. The lowest BCUT2D eigenvalue weighted by atomic mass is 10.1. The largest absolute Gasteiger partial charge is 0.354 e. The molecule has 1 aromatic carbocycles. The molecule has 19 heavy (non-hydrogen) atoms. The van der Waals surface area contributed by atoms with E-state index in [9.17, 15) is 4.79 Å². The van der Waals surface area contributed by atoms with E-state index in [1.54, 1.807) is 0 Å². The van der Waals surface area contributed by atoms with Gasteiger partial charge >= 0.3 is 0 Å². The number of nitrogens with one attached hydrogen (secondary N) is 1. The highest BCUT2D eigenvalue weighted by Crippen LogP contribution is 2.15. The van der Waals surface area contributed by atoms with Crippen LogP contribution in [0.5, 0.6) is 0 Å². The van der Waals surface area contributed by atoms with E-state index < -0.39 is 6.04 Å². The molecule has 0 bridgehead atoms. The Hall–Kier alpha value is -1.39. The van der Waals surface area contributed by atoms with E-state index in [0.29, 0.717) is 5.92 Å². The van der Waals surface area contributed by atoms with E-state index in [1.807, 2.05) is 30.3 Å². The number of carbonyl (C=O) groups excluding carboxylic acids is 1. The summed E-state index contributed by atoms with van der Waals surface area (Å²) < 4.78 is 0. The first-order valence-corrected chi connectivity index (χ1v) is 7.01. The molecule has 0 spiro atoms. The van der Waals surface area contributed by atoms with Crippen LogP contribution >= 0.6 is 0 Å². The Morgan fingerprint density at radius 3 is 2.84 bits per heavy atom. The van der Waals surface area contributed by atoms with Crippen molar-refractivity contribution in [1.29, 1.82) is 0 Å². The molecule has 2 atom stereocenters. The average Bonchev–Trinajstić information content (AvgIpc) is 2.93. The van der Waals surface area contributed by atoms with Gasteiger partial charge in [0.05, 0.1) is 0 Å². The van der Waals surface area contributed by atoms with Gasteiger partial charge in [0.15, 0.2) is 0 Å². The lowest BCUT2D eigenvalue weighted by Gasteiger charge is -2.16. The number of nitrogens with zero attached hydrogens (tertiary/aromatic N) is 1. The predicted octanol–water partition coefficient (Wildman–Crippen LogP) is 1.14. The topological polar surface area (TPSA) is 58.4 Å². The summed E-state index contributed by atoms with van der Waals surface area (Å²) >= 11 is 0. The maximum Gasteiger partial charge on any atom is 0.241 e. The second-order valence-corrected chi connectivity index (χ2v) is 5.18. The Balaban J connectivity index is 1.79. The van der Waals surface area contributed by atoms with Crippen LogP contribution in [0.1, 0.15) is 24.9 Å². The highest BCUT2D eigenvalue weighted by Gasteiger charge is 2.22. The Kier molecular flexibility index (Phi) is 4.93. The van der Waals surface area contributed by atoms with Crippen molar-refractivity contribution in [2.45, 2.75) is 19.4 Å². The summed E-state index contributed by atoms with van der Waals surface area (Å²) in [6.45, 7) is 6.22. The van der Waals surface area contributed by atoms with Gasteiger partial charge in [-0.25, -0.2) is 0 Å². The number of nitrogens with two attached hydrogens (primary N) is 1. The third kappa shape index (κ3) is 3.78. The van der Waals surface area contributed by atoms with Crippen molar-refractivity contribution in [3.8, 4) is 0 Å². The van der Waals surface area contributed by atoms with E-state index in [1.165, 1.54) is 0 Å². The second-order valence-electron chi connectivity index (χ2n) is 5.18. The zero-order chi connectivity index (χ0) is 13.7. The van der Waals surface area contributed by atoms with Crippen molar-refractivity contribution in [3.05, 3.63) is 35.9 Å². The first-order valence-electron chi connectivity index (χ1n) is 7.01. The van der Waals surface area contributed by atoms with Crippen molar-refractivity contribution < 1.29 is 4.79 Å². The van der Waals surface area contributed by atoms with Crippen LogP contribution in [0.15, 0.2) is 30.3 Å². The van der Waals surface area contributed by atoms with E-state index in [2.05, 4.69) is 17.1 Å². The maximum absolute atomic E-state index is 12.0. The molecule has 0 aliphatic carbocycles.